The van der Waals surface area contributed by atoms with Gasteiger partial charge in [-0.05, 0) is 19.3 Å². The van der Waals surface area contributed by atoms with Crippen LogP contribution in [0.25, 0.3) is 0 Å². The summed E-state index contributed by atoms with van der Waals surface area (Å²) in [6.45, 7) is 1.30. The molecule has 160 valence electrons. The molecule has 0 rings (SSSR count). The van der Waals surface area contributed by atoms with Gasteiger partial charge >= 0.3 is 5.97 Å². The largest absolute Gasteiger partial charge is 0.480 e. The van der Waals surface area contributed by atoms with Crippen molar-refractivity contribution in [2.75, 3.05) is 6.61 Å². The monoisotopic (exact) mass is 387 g/mol. The Bertz CT molecular complexity index is 402. The fourth-order valence-electron chi connectivity index (χ4n) is 3.04. The maximum atomic E-state index is 11.0. The van der Waals surface area contributed by atoms with Crippen molar-refractivity contribution in [2.24, 2.45) is 5.73 Å². The van der Waals surface area contributed by atoms with E-state index >= 15 is 0 Å². The van der Waals surface area contributed by atoms with Gasteiger partial charge in [0.2, 0.25) is 0 Å². The Morgan fingerprint density at radius 2 is 1.41 bits per heavy atom. The Labute approximate surface area is 164 Å². The lowest BCUT2D eigenvalue weighted by Crippen LogP contribution is -2.63. The van der Waals surface area contributed by atoms with Gasteiger partial charge in [0.1, 0.15) is 6.10 Å². The lowest BCUT2D eigenvalue weighted by molar-refractivity contribution is -0.154. The van der Waals surface area contributed by atoms with Crippen molar-refractivity contribution >= 4 is 5.97 Å². The average Bonchev–Trinajstić information content (AvgIpc) is 2.66. The van der Waals surface area contributed by atoms with Crippen molar-refractivity contribution in [3.8, 4) is 0 Å². The molecule has 0 unspecified atom stereocenters. The van der Waals surface area contributed by atoms with E-state index < -0.39 is 30.3 Å². The van der Waals surface area contributed by atoms with Crippen LogP contribution < -0.4 is 5.73 Å². The van der Waals surface area contributed by atoms with E-state index in [4.69, 9.17) is 15.9 Å². The molecule has 0 aliphatic heterocycles. The zero-order chi connectivity index (χ0) is 20.5. The fraction of sp³-hybridized carbons (Fsp3) is 0.857. The highest BCUT2D eigenvalue weighted by Crippen LogP contribution is 2.15. The highest BCUT2D eigenvalue weighted by Gasteiger charge is 2.44. The quantitative estimate of drug-likeness (QED) is 0.182. The molecule has 0 spiro atoms. The predicted octanol–water partition coefficient (Wildman–Crippen LogP) is 3.13. The Hall–Kier alpha value is -0.950. The van der Waals surface area contributed by atoms with E-state index in [-0.39, 0.29) is 6.42 Å². The molecule has 0 heterocycles. The number of hydrogen-bond donors (Lipinski definition) is 5. The van der Waals surface area contributed by atoms with E-state index in [0.29, 0.717) is 0 Å². The number of carbonyl (C=O) groups is 1. The summed E-state index contributed by atoms with van der Waals surface area (Å²) in [6, 6.07) is 0. The third kappa shape index (κ3) is 11.5. The molecule has 0 aliphatic carbocycles. The molecule has 0 fully saturated rings. The Kier molecular flexibility index (Phi) is 15.5. The number of rotatable bonds is 18. The molecule has 6 nitrogen and oxygen atoms in total. The van der Waals surface area contributed by atoms with E-state index in [2.05, 4.69) is 6.92 Å². The molecule has 0 aromatic carbocycles. The number of nitrogens with two attached hydrogens (primary N) is 1. The van der Waals surface area contributed by atoms with E-state index in [1.54, 1.807) is 6.08 Å². The summed E-state index contributed by atoms with van der Waals surface area (Å²) in [7, 11) is 0. The van der Waals surface area contributed by atoms with Crippen LogP contribution in [0.3, 0.4) is 0 Å². The summed E-state index contributed by atoms with van der Waals surface area (Å²) in [5.74, 6) is -1.54. The Morgan fingerprint density at radius 1 is 0.926 bits per heavy atom. The van der Waals surface area contributed by atoms with Crippen molar-refractivity contribution in [3.63, 3.8) is 0 Å². The molecule has 0 aliphatic rings. The molecule has 0 radical (unpaired) electrons. The molecule has 6 N–H and O–H groups in total. The van der Waals surface area contributed by atoms with Crippen molar-refractivity contribution < 1.29 is 25.2 Å². The minimum Gasteiger partial charge on any atom is -0.480 e. The minimum absolute atomic E-state index is 0.103. The first-order chi connectivity index (χ1) is 12.9. The predicted molar refractivity (Wildman–Crippen MR) is 108 cm³/mol. The summed E-state index contributed by atoms with van der Waals surface area (Å²) in [5.41, 5.74) is 3.20. The van der Waals surface area contributed by atoms with Crippen LogP contribution in [0.1, 0.15) is 90.4 Å². The van der Waals surface area contributed by atoms with Gasteiger partial charge in [-0.1, -0.05) is 83.3 Å². The molecular weight excluding hydrogens is 346 g/mol. The van der Waals surface area contributed by atoms with Crippen LogP contribution in [0.2, 0.25) is 0 Å². The van der Waals surface area contributed by atoms with Gasteiger partial charge in [-0.3, -0.25) is 4.79 Å². The second-order valence-electron chi connectivity index (χ2n) is 7.55. The van der Waals surface area contributed by atoms with Crippen LogP contribution in [0, 0.1) is 0 Å². The second kappa shape index (κ2) is 16.0. The van der Waals surface area contributed by atoms with Gasteiger partial charge in [0.25, 0.3) is 0 Å². The van der Waals surface area contributed by atoms with Gasteiger partial charge < -0.3 is 26.2 Å². The zero-order valence-corrected chi connectivity index (χ0v) is 17.0. The topological polar surface area (TPSA) is 124 Å². The van der Waals surface area contributed by atoms with Crippen LogP contribution in [0.15, 0.2) is 12.2 Å². The van der Waals surface area contributed by atoms with Crippen LogP contribution >= 0.6 is 0 Å². The van der Waals surface area contributed by atoms with Crippen LogP contribution in [0.4, 0.5) is 0 Å². The number of aliphatic carboxylic acids is 1. The van der Waals surface area contributed by atoms with Gasteiger partial charge in [-0.2, -0.15) is 0 Å². The number of hydrogen-bond acceptors (Lipinski definition) is 5. The third-order valence-corrected chi connectivity index (χ3v) is 5.07. The summed E-state index contributed by atoms with van der Waals surface area (Å²) < 4.78 is 0. The van der Waals surface area contributed by atoms with Gasteiger partial charge in [-0.25, -0.2) is 0 Å². The van der Waals surface area contributed by atoms with Crippen molar-refractivity contribution in [2.45, 2.75) is 108 Å². The van der Waals surface area contributed by atoms with Crippen LogP contribution in [0.5, 0.6) is 0 Å². The third-order valence-electron chi connectivity index (χ3n) is 5.07. The van der Waals surface area contributed by atoms with Crippen LogP contribution in [-0.2, 0) is 4.79 Å². The molecule has 0 saturated carbocycles. The molecule has 0 aromatic heterocycles. The SMILES string of the molecule is CCCCCCCCCCCCC/C=C/C[C@@H](O)[C@H](O)[C@@](N)(CO)C(=O)O. The molecule has 6 heteroatoms. The van der Waals surface area contributed by atoms with Crippen molar-refractivity contribution in [1.82, 2.24) is 0 Å². The normalized spacial score (nSPS) is 16.3. The maximum absolute atomic E-state index is 11.0. The van der Waals surface area contributed by atoms with Gasteiger partial charge in [0.15, 0.2) is 5.54 Å². The summed E-state index contributed by atoms with van der Waals surface area (Å²) in [6.07, 6.45) is 15.8. The molecule has 0 amide bonds. The minimum atomic E-state index is -2.25. The standard InChI is InChI=1S/C21H41NO5/c1-2-3-4-5-6-7-8-9-10-11-12-13-14-15-16-18(24)19(25)21(22,17-23)20(26)27/h14-15,18-19,23-25H,2-13,16-17,22H2,1H3,(H,26,27)/b15-14+/t18-,19+,21+/m1/s1. The molecular formula is C21H41NO5. The maximum Gasteiger partial charge on any atom is 0.328 e. The number of carboxylic acids is 1. The highest BCUT2D eigenvalue weighted by molar-refractivity contribution is 5.79. The first-order valence-corrected chi connectivity index (χ1v) is 10.5. The average molecular weight is 388 g/mol. The number of carboxylic acid groups (broad SMARTS) is 1. The second-order valence-corrected chi connectivity index (χ2v) is 7.55. The van der Waals surface area contributed by atoms with E-state index in [9.17, 15) is 15.0 Å². The lowest BCUT2D eigenvalue weighted by Gasteiger charge is -2.30. The molecule has 3 atom stereocenters. The fourth-order valence-corrected chi connectivity index (χ4v) is 3.04. The first-order valence-electron chi connectivity index (χ1n) is 10.5. The van der Waals surface area contributed by atoms with Gasteiger partial charge in [0, 0.05) is 0 Å². The highest BCUT2D eigenvalue weighted by atomic mass is 16.4. The van der Waals surface area contributed by atoms with Gasteiger partial charge in [0.05, 0.1) is 12.7 Å². The number of aliphatic hydroxyl groups is 3. The van der Waals surface area contributed by atoms with E-state index in [0.717, 1.165) is 12.8 Å². The lowest BCUT2D eigenvalue weighted by atomic mass is 9.89. The number of aliphatic hydroxyl groups excluding tert-OH is 3. The molecule has 0 aromatic rings. The van der Waals surface area contributed by atoms with E-state index in [1.165, 1.54) is 64.2 Å². The number of unbranched alkanes of at least 4 members (excludes halogenated alkanes) is 11. The van der Waals surface area contributed by atoms with Crippen molar-refractivity contribution in [3.05, 3.63) is 12.2 Å². The summed E-state index contributed by atoms with van der Waals surface area (Å²) in [4.78, 5) is 11.0. The Balaban J connectivity index is 3.68. The summed E-state index contributed by atoms with van der Waals surface area (Å²) >= 11 is 0. The number of allylic oxidation sites excluding steroid dienone is 1. The Morgan fingerprint density at radius 3 is 1.85 bits per heavy atom. The van der Waals surface area contributed by atoms with Crippen LogP contribution in [-0.4, -0.2) is 50.7 Å². The van der Waals surface area contributed by atoms with Gasteiger partial charge in [-0.15, -0.1) is 0 Å². The van der Waals surface area contributed by atoms with Crippen molar-refractivity contribution in [1.29, 1.82) is 0 Å². The molecule has 27 heavy (non-hydrogen) atoms. The molecule has 0 saturated heterocycles. The smallest absolute Gasteiger partial charge is 0.328 e. The van der Waals surface area contributed by atoms with E-state index in [1.807, 2.05) is 6.08 Å². The zero-order valence-electron chi connectivity index (χ0n) is 17.0. The molecule has 0 bridgehead atoms. The summed E-state index contributed by atoms with van der Waals surface area (Å²) in [5, 5.41) is 37.8. The first kappa shape index (κ1) is 26.1.